The van der Waals surface area contributed by atoms with E-state index in [1.807, 2.05) is 24.3 Å². The SMILES string of the molecule is [C-]#[N+]CCN1CCC(CNC2[C@@H]3CC4C[C@H]2CC(CNc2nc(NCc5ccccc5Cl)ncc2C#N)(C4)C3)CC1. The summed E-state index contributed by atoms with van der Waals surface area (Å²) < 4.78 is 0. The van der Waals surface area contributed by atoms with Crippen LogP contribution in [0.5, 0.6) is 0 Å². The van der Waals surface area contributed by atoms with Crippen LogP contribution in [-0.4, -0.2) is 60.2 Å². The molecule has 216 valence electrons. The molecule has 1 aliphatic heterocycles. The van der Waals surface area contributed by atoms with E-state index in [1.54, 1.807) is 6.20 Å². The number of rotatable bonds is 11. The van der Waals surface area contributed by atoms with Gasteiger partial charge >= 0.3 is 0 Å². The number of piperidine rings is 1. The minimum Gasteiger partial charge on any atom is -0.368 e. The molecule has 9 heteroatoms. The Morgan fingerprint density at radius 1 is 1.12 bits per heavy atom. The van der Waals surface area contributed by atoms with E-state index in [-0.39, 0.29) is 5.41 Å². The molecule has 1 aromatic carbocycles. The summed E-state index contributed by atoms with van der Waals surface area (Å²) in [4.78, 5) is 15.0. The van der Waals surface area contributed by atoms with E-state index in [1.165, 1.54) is 44.9 Å². The predicted molar refractivity (Wildman–Crippen MR) is 162 cm³/mol. The van der Waals surface area contributed by atoms with Gasteiger partial charge in [-0.05, 0) is 105 Å². The number of halogens is 1. The van der Waals surface area contributed by atoms with Gasteiger partial charge in [0.2, 0.25) is 12.5 Å². The Kier molecular flexibility index (Phi) is 8.63. The Morgan fingerprint density at radius 3 is 2.63 bits per heavy atom. The molecule has 41 heavy (non-hydrogen) atoms. The zero-order valence-electron chi connectivity index (χ0n) is 23.8. The van der Waals surface area contributed by atoms with E-state index in [2.05, 4.69) is 36.7 Å². The lowest BCUT2D eigenvalue weighted by molar-refractivity contribution is -0.0704. The molecule has 3 N–H and O–H groups in total. The minimum atomic E-state index is 0.283. The molecule has 0 spiro atoms. The van der Waals surface area contributed by atoms with Crippen LogP contribution in [-0.2, 0) is 6.54 Å². The summed E-state index contributed by atoms with van der Waals surface area (Å²) in [5.74, 6) is 4.20. The number of hydrogen-bond donors (Lipinski definition) is 3. The zero-order chi connectivity index (χ0) is 28.2. The van der Waals surface area contributed by atoms with Crippen LogP contribution in [0.4, 0.5) is 11.8 Å². The fourth-order valence-electron chi connectivity index (χ4n) is 8.42. The van der Waals surface area contributed by atoms with E-state index in [4.69, 9.17) is 23.2 Å². The topological polar surface area (TPSA) is 93.3 Å². The van der Waals surface area contributed by atoms with Crippen molar-refractivity contribution in [1.29, 1.82) is 5.26 Å². The Hall–Kier alpha value is -2.91. The fraction of sp³-hybridized carbons (Fsp3) is 0.625. The number of benzene rings is 1. The number of anilines is 2. The first kappa shape index (κ1) is 28.2. The Bertz CT molecular complexity index is 1280. The Morgan fingerprint density at radius 2 is 1.90 bits per heavy atom. The van der Waals surface area contributed by atoms with Gasteiger partial charge < -0.3 is 20.8 Å². The lowest BCUT2D eigenvalue weighted by Crippen LogP contribution is -2.60. The molecule has 5 atom stereocenters. The van der Waals surface area contributed by atoms with Gasteiger partial charge in [-0.3, -0.25) is 4.90 Å². The summed E-state index contributed by atoms with van der Waals surface area (Å²) in [5, 5.41) is 21.4. The van der Waals surface area contributed by atoms with E-state index in [0.29, 0.717) is 41.5 Å². The molecule has 4 bridgehead atoms. The highest BCUT2D eigenvalue weighted by atomic mass is 35.5. The van der Waals surface area contributed by atoms with E-state index < -0.39 is 0 Å². The minimum absolute atomic E-state index is 0.283. The maximum atomic E-state index is 9.74. The lowest BCUT2D eigenvalue weighted by atomic mass is 9.48. The monoisotopic (exact) mass is 572 g/mol. The molecule has 0 radical (unpaired) electrons. The molecule has 0 amide bonds. The molecular formula is C32H41ClN8. The summed E-state index contributed by atoms with van der Waals surface area (Å²) >= 11 is 6.31. The average Bonchev–Trinajstić information content (AvgIpc) is 2.98. The molecule has 1 saturated heterocycles. The second kappa shape index (κ2) is 12.5. The third kappa shape index (κ3) is 6.46. The van der Waals surface area contributed by atoms with Gasteiger partial charge in [0.15, 0.2) is 0 Å². The molecule has 5 fully saturated rings. The van der Waals surface area contributed by atoms with E-state index in [9.17, 15) is 5.26 Å². The second-order valence-electron chi connectivity index (χ2n) is 12.9. The van der Waals surface area contributed by atoms with Gasteiger partial charge in [-0.2, -0.15) is 10.2 Å². The van der Waals surface area contributed by atoms with E-state index in [0.717, 1.165) is 62.0 Å². The van der Waals surface area contributed by atoms with Crippen LogP contribution in [0.25, 0.3) is 4.85 Å². The maximum absolute atomic E-state index is 9.74. The molecular weight excluding hydrogens is 532 g/mol. The van der Waals surface area contributed by atoms with Crippen LogP contribution in [0.2, 0.25) is 5.02 Å². The summed E-state index contributed by atoms with van der Waals surface area (Å²) in [6.07, 6.45) is 10.6. The number of hydrogen-bond acceptors (Lipinski definition) is 7. The molecule has 2 aromatic rings. The zero-order valence-corrected chi connectivity index (χ0v) is 24.5. The largest absolute Gasteiger partial charge is 0.368 e. The molecule has 1 aromatic heterocycles. The smallest absolute Gasteiger partial charge is 0.227 e. The summed E-state index contributed by atoms with van der Waals surface area (Å²) in [7, 11) is 0. The van der Waals surface area contributed by atoms with Crippen molar-refractivity contribution < 1.29 is 0 Å². The van der Waals surface area contributed by atoms with Crippen LogP contribution in [0.1, 0.15) is 56.1 Å². The second-order valence-corrected chi connectivity index (χ2v) is 13.3. The average molecular weight is 573 g/mol. The maximum Gasteiger partial charge on any atom is 0.227 e. The quantitative estimate of drug-likeness (QED) is 0.309. The first-order valence-corrected chi connectivity index (χ1v) is 15.7. The van der Waals surface area contributed by atoms with Crippen LogP contribution in [0, 0.1) is 47.0 Å². The Balaban J connectivity index is 1.04. The normalized spacial score (nSPS) is 29.1. The Labute approximate surface area is 249 Å². The van der Waals surface area contributed by atoms with Gasteiger partial charge in [0.25, 0.3) is 0 Å². The first-order valence-electron chi connectivity index (χ1n) is 15.3. The van der Waals surface area contributed by atoms with Gasteiger partial charge in [-0.15, -0.1) is 0 Å². The third-order valence-electron chi connectivity index (χ3n) is 10.2. The summed E-state index contributed by atoms with van der Waals surface area (Å²) in [5.41, 5.74) is 1.75. The molecule has 4 saturated carbocycles. The number of nitriles is 1. The van der Waals surface area contributed by atoms with Gasteiger partial charge in [0.05, 0.1) is 12.7 Å². The molecule has 7 rings (SSSR count). The summed E-state index contributed by atoms with van der Waals surface area (Å²) in [6, 6.07) is 10.7. The molecule has 5 aliphatic rings. The van der Waals surface area contributed by atoms with Crippen molar-refractivity contribution in [2.45, 2.75) is 57.5 Å². The number of nitrogens with zero attached hydrogens (tertiary/aromatic N) is 5. The van der Waals surface area contributed by atoms with Gasteiger partial charge in [0, 0.05) is 24.2 Å². The molecule has 4 aliphatic carbocycles. The molecule has 3 unspecified atom stereocenters. The highest BCUT2D eigenvalue weighted by Gasteiger charge is 2.55. The standard InChI is InChI=1S/C32H41ClN8/c1-35-8-11-41-9-6-22(7-10-41)18-36-29-25-12-23-13-26(29)16-32(14-23,15-25)21-39-30-27(17-34)20-38-31(40-30)37-19-24-4-2-3-5-28(24)33/h2-5,20,22-23,25-26,29,36H,6-16,18-19,21H2,(H2,37,38,39,40)/t23?,25-,26+,29?,32?. The van der Waals surface area contributed by atoms with Crippen molar-refractivity contribution >= 4 is 23.4 Å². The van der Waals surface area contributed by atoms with E-state index >= 15 is 0 Å². The number of nitrogens with one attached hydrogen (secondary N) is 3. The first-order chi connectivity index (χ1) is 20.0. The van der Waals surface area contributed by atoms with Crippen molar-refractivity contribution in [2.75, 3.05) is 49.9 Å². The number of aromatic nitrogens is 2. The molecule has 2 heterocycles. The van der Waals surface area contributed by atoms with Crippen LogP contribution in [0.3, 0.4) is 0 Å². The van der Waals surface area contributed by atoms with Crippen LogP contribution < -0.4 is 16.0 Å². The van der Waals surface area contributed by atoms with Crippen LogP contribution in [0.15, 0.2) is 30.5 Å². The number of likely N-dealkylation sites (tertiary alicyclic amines) is 1. The van der Waals surface area contributed by atoms with Gasteiger partial charge in [0.1, 0.15) is 17.5 Å². The lowest BCUT2D eigenvalue weighted by Gasteiger charge is -2.60. The third-order valence-corrected chi connectivity index (χ3v) is 10.6. The summed E-state index contributed by atoms with van der Waals surface area (Å²) in [6.45, 7) is 13.4. The predicted octanol–water partition coefficient (Wildman–Crippen LogP) is 5.44. The fourth-order valence-corrected chi connectivity index (χ4v) is 8.62. The van der Waals surface area contributed by atoms with Crippen molar-refractivity contribution in [1.82, 2.24) is 20.2 Å². The van der Waals surface area contributed by atoms with Gasteiger partial charge in [-0.1, -0.05) is 29.8 Å². The van der Waals surface area contributed by atoms with Crippen LogP contribution >= 0.6 is 11.6 Å². The molecule has 8 nitrogen and oxygen atoms in total. The highest BCUT2D eigenvalue weighted by Crippen LogP contribution is 2.60. The van der Waals surface area contributed by atoms with Gasteiger partial charge in [-0.25, -0.2) is 11.6 Å². The van der Waals surface area contributed by atoms with Crippen molar-refractivity contribution in [3.05, 3.63) is 58.0 Å². The van der Waals surface area contributed by atoms with Crippen molar-refractivity contribution in [3.8, 4) is 6.07 Å². The van der Waals surface area contributed by atoms with Crippen molar-refractivity contribution in [3.63, 3.8) is 0 Å². The highest BCUT2D eigenvalue weighted by molar-refractivity contribution is 6.31. The van der Waals surface area contributed by atoms with Crippen molar-refractivity contribution in [2.24, 2.45) is 29.1 Å².